The zero-order valence-electron chi connectivity index (χ0n) is 15.4. The van der Waals surface area contributed by atoms with E-state index in [1.54, 1.807) is 14.2 Å². The predicted octanol–water partition coefficient (Wildman–Crippen LogP) is 3.44. The van der Waals surface area contributed by atoms with E-state index >= 15 is 0 Å². The SMILES string of the molecule is COc1ccc(OC)c(CNC(=O)CCc2ccc3ccn(C)c3c2)c1. The Morgan fingerprint density at radius 3 is 2.69 bits per heavy atom. The lowest BCUT2D eigenvalue weighted by Crippen LogP contribution is -2.23. The van der Waals surface area contributed by atoms with Crippen molar-refractivity contribution >= 4 is 16.8 Å². The van der Waals surface area contributed by atoms with Crippen LogP contribution in [0.1, 0.15) is 17.5 Å². The quantitative estimate of drug-likeness (QED) is 0.709. The number of carbonyl (C=O) groups is 1. The van der Waals surface area contributed by atoms with E-state index in [1.165, 1.54) is 10.9 Å². The Labute approximate surface area is 153 Å². The van der Waals surface area contributed by atoms with Gasteiger partial charge in [0.25, 0.3) is 0 Å². The monoisotopic (exact) mass is 352 g/mol. The molecule has 0 aliphatic rings. The van der Waals surface area contributed by atoms with Crippen LogP contribution in [0.2, 0.25) is 0 Å². The summed E-state index contributed by atoms with van der Waals surface area (Å²) >= 11 is 0. The van der Waals surface area contributed by atoms with Gasteiger partial charge in [0.1, 0.15) is 11.5 Å². The molecule has 26 heavy (non-hydrogen) atoms. The van der Waals surface area contributed by atoms with E-state index < -0.39 is 0 Å². The van der Waals surface area contributed by atoms with Crippen molar-refractivity contribution in [3.8, 4) is 11.5 Å². The summed E-state index contributed by atoms with van der Waals surface area (Å²) in [5, 5.41) is 4.17. The molecule has 0 bridgehead atoms. The summed E-state index contributed by atoms with van der Waals surface area (Å²) in [6.07, 6.45) is 3.20. The molecule has 0 fully saturated rings. The summed E-state index contributed by atoms with van der Waals surface area (Å²) in [6, 6.07) is 14.0. The van der Waals surface area contributed by atoms with Crippen molar-refractivity contribution in [2.75, 3.05) is 14.2 Å². The number of nitrogens with one attached hydrogen (secondary N) is 1. The number of hydrogen-bond donors (Lipinski definition) is 1. The highest BCUT2D eigenvalue weighted by Gasteiger charge is 2.08. The first kappa shape index (κ1) is 17.9. The molecule has 136 valence electrons. The lowest BCUT2D eigenvalue weighted by molar-refractivity contribution is -0.121. The molecule has 0 saturated carbocycles. The number of methoxy groups -OCH3 is 2. The lowest BCUT2D eigenvalue weighted by atomic mass is 10.1. The van der Waals surface area contributed by atoms with Crippen LogP contribution in [0.4, 0.5) is 0 Å². The van der Waals surface area contributed by atoms with E-state index in [2.05, 4.69) is 34.1 Å². The van der Waals surface area contributed by atoms with Gasteiger partial charge in [-0.15, -0.1) is 0 Å². The molecular formula is C21H24N2O3. The first-order valence-corrected chi connectivity index (χ1v) is 8.62. The van der Waals surface area contributed by atoms with E-state index in [9.17, 15) is 4.79 Å². The largest absolute Gasteiger partial charge is 0.497 e. The number of rotatable bonds is 7. The molecule has 1 aromatic heterocycles. The predicted molar refractivity (Wildman–Crippen MR) is 103 cm³/mol. The normalized spacial score (nSPS) is 10.7. The summed E-state index contributed by atoms with van der Waals surface area (Å²) in [5.74, 6) is 1.49. The van der Waals surface area contributed by atoms with Crippen LogP contribution in [0.25, 0.3) is 10.9 Å². The van der Waals surface area contributed by atoms with Gasteiger partial charge in [-0.25, -0.2) is 0 Å². The molecule has 3 aromatic rings. The maximum atomic E-state index is 12.2. The second kappa shape index (κ2) is 7.95. The fraction of sp³-hybridized carbons (Fsp3) is 0.286. The van der Waals surface area contributed by atoms with Gasteiger partial charge >= 0.3 is 0 Å². The third-order valence-electron chi connectivity index (χ3n) is 4.56. The van der Waals surface area contributed by atoms with Gasteiger partial charge in [0.2, 0.25) is 5.91 Å². The highest BCUT2D eigenvalue weighted by Crippen LogP contribution is 2.23. The Morgan fingerprint density at radius 2 is 1.92 bits per heavy atom. The van der Waals surface area contributed by atoms with Gasteiger partial charge in [0, 0.05) is 37.3 Å². The van der Waals surface area contributed by atoms with Crippen molar-refractivity contribution in [2.24, 2.45) is 7.05 Å². The smallest absolute Gasteiger partial charge is 0.220 e. The van der Waals surface area contributed by atoms with Crippen LogP contribution in [-0.2, 0) is 24.8 Å². The third-order valence-corrected chi connectivity index (χ3v) is 4.56. The minimum absolute atomic E-state index is 0.0156. The first-order valence-electron chi connectivity index (χ1n) is 8.62. The minimum Gasteiger partial charge on any atom is -0.497 e. The zero-order chi connectivity index (χ0) is 18.5. The third kappa shape index (κ3) is 3.99. The second-order valence-corrected chi connectivity index (χ2v) is 6.27. The molecule has 0 unspecified atom stereocenters. The van der Waals surface area contributed by atoms with Crippen molar-refractivity contribution in [2.45, 2.75) is 19.4 Å². The zero-order valence-corrected chi connectivity index (χ0v) is 15.4. The van der Waals surface area contributed by atoms with Gasteiger partial charge in [0.05, 0.1) is 14.2 Å². The number of hydrogen-bond acceptors (Lipinski definition) is 3. The van der Waals surface area contributed by atoms with Crippen LogP contribution in [-0.4, -0.2) is 24.7 Å². The Balaban J connectivity index is 1.58. The van der Waals surface area contributed by atoms with Crippen LogP contribution in [0.15, 0.2) is 48.7 Å². The number of aryl methyl sites for hydroxylation is 2. The molecular weight excluding hydrogens is 328 g/mol. The van der Waals surface area contributed by atoms with Gasteiger partial charge in [-0.05, 0) is 47.7 Å². The standard InChI is InChI=1S/C21H24N2O3/c1-23-11-10-16-6-4-15(12-19(16)23)5-9-21(24)22-14-17-13-18(25-2)7-8-20(17)26-3/h4,6-8,10-13H,5,9,14H2,1-3H3,(H,22,24). The van der Waals surface area contributed by atoms with Crippen molar-refractivity contribution < 1.29 is 14.3 Å². The average molecular weight is 352 g/mol. The number of benzene rings is 2. The highest BCUT2D eigenvalue weighted by atomic mass is 16.5. The Hall–Kier alpha value is -2.95. The van der Waals surface area contributed by atoms with Gasteiger partial charge in [-0.3, -0.25) is 4.79 Å². The second-order valence-electron chi connectivity index (χ2n) is 6.27. The summed E-state index contributed by atoms with van der Waals surface area (Å²) in [6.45, 7) is 0.413. The maximum absolute atomic E-state index is 12.2. The summed E-state index contributed by atoms with van der Waals surface area (Å²) in [5.41, 5.74) is 3.24. The topological polar surface area (TPSA) is 52.5 Å². The summed E-state index contributed by atoms with van der Waals surface area (Å²) < 4.78 is 12.7. The molecule has 5 nitrogen and oxygen atoms in total. The number of ether oxygens (including phenoxy) is 2. The van der Waals surface area contributed by atoms with E-state index in [-0.39, 0.29) is 5.91 Å². The molecule has 1 amide bonds. The molecule has 3 rings (SSSR count). The van der Waals surface area contributed by atoms with E-state index in [1.807, 2.05) is 31.4 Å². The maximum Gasteiger partial charge on any atom is 0.220 e. The number of nitrogens with zero attached hydrogens (tertiary/aromatic N) is 1. The van der Waals surface area contributed by atoms with Crippen molar-refractivity contribution in [3.63, 3.8) is 0 Å². The van der Waals surface area contributed by atoms with E-state index in [4.69, 9.17) is 9.47 Å². The Kier molecular flexibility index (Phi) is 5.46. The van der Waals surface area contributed by atoms with Gasteiger partial charge in [0.15, 0.2) is 0 Å². The van der Waals surface area contributed by atoms with Crippen LogP contribution in [0.3, 0.4) is 0 Å². The summed E-state index contributed by atoms with van der Waals surface area (Å²) in [4.78, 5) is 12.2. The Bertz CT molecular complexity index is 915. The molecule has 0 radical (unpaired) electrons. The van der Waals surface area contributed by atoms with Crippen LogP contribution < -0.4 is 14.8 Å². The van der Waals surface area contributed by atoms with Crippen LogP contribution in [0, 0.1) is 0 Å². The number of aromatic nitrogens is 1. The number of fused-ring (bicyclic) bond motifs is 1. The van der Waals surface area contributed by atoms with Crippen molar-refractivity contribution in [1.29, 1.82) is 0 Å². The van der Waals surface area contributed by atoms with E-state index in [0.717, 1.165) is 22.6 Å². The lowest BCUT2D eigenvalue weighted by Gasteiger charge is -2.11. The molecule has 1 N–H and O–H groups in total. The van der Waals surface area contributed by atoms with Gasteiger partial charge in [-0.2, -0.15) is 0 Å². The number of amides is 1. The fourth-order valence-electron chi connectivity index (χ4n) is 3.02. The van der Waals surface area contributed by atoms with Gasteiger partial charge in [-0.1, -0.05) is 12.1 Å². The molecule has 1 heterocycles. The molecule has 5 heteroatoms. The fourth-order valence-corrected chi connectivity index (χ4v) is 3.02. The van der Waals surface area contributed by atoms with Crippen molar-refractivity contribution in [1.82, 2.24) is 9.88 Å². The average Bonchev–Trinajstić information content (AvgIpc) is 3.04. The van der Waals surface area contributed by atoms with Crippen LogP contribution in [0.5, 0.6) is 11.5 Å². The molecule has 0 saturated heterocycles. The Morgan fingerprint density at radius 1 is 1.08 bits per heavy atom. The molecule has 2 aromatic carbocycles. The minimum atomic E-state index is 0.0156. The van der Waals surface area contributed by atoms with E-state index in [0.29, 0.717) is 19.4 Å². The first-order chi connectivity index (χ1) is 12.6. The van der Waals surface area contributed by atoms with Crippen molar-refractivity contribution in [3.05, 3.63) is 59.8 Å². The highest BCUT2D eigenvalue weighted by molar-refractivity contribution is 5.81. The molecule has 0 spiro atoms. The van der Waals surface area contributed by atoms with Crippen LogP contribution >= 0.6 is 0 Å². The number of carbonyl (C=O) groups excluding carboxylic acids is 1. The molecule has 0 atom stereocenters. The van der Waals surface area contributed by atoms with Gasteiger partial charge < -0.3 is 19.4 Å². The molecule has 0 aliphatic heterocycles. The molecule has 0 aliphatic carbocycles. The summed E-state index contributed by atoms with van der Waals surface area (Å²) in [7, 11) is 5.26.